The van der Waals surface area contributed by atoms with E-state index in [1.807, 2.05) is 25.1 Å². The maximum atomic E-state index is 12.3. The lowest BCUT2D eigenvalue weighted by atomic mass is 10.2. The molecule has 0 saturated carbocycles. The van der Waals surface area contributed by atoms with Crippen LogP contribution in [0.3, 0.4) is 0 Å². The first-order valence-corrected chi connectivity index (χ1v) is 11.1. The standard InChI is InChI=1S/C20H19Cl3N4O3S/c1-11-4-5-16(17(6-11)29-3)30-9-18-25-26-20(27(18)2)31-10-19(28)24-15-8-13(22)12(21)7-14(15)23/h4-8H,9-10H2,1-3H3,(H,24,28). The molecule has 1 aromatic heterocycles. The molecule has 11 heteroatoms. The van der Waals surface area contributed by atoms with Gasteiger partial charge in [-0.1, -0.05) is 52.6 Å². The maximum absolute atomic E-state index is 12.3. The highest BCUT2D eigenvalue weighted by Crippen LogP contribution is 2.32. The quantitative estimate of drug-likeness (QED) is 0.329. The van der Waals surface area contributed by atoms with Gasteiger partial charge in [-0.25, -0.2) is 0 Å². The lowest BCUT2D eigenvalue weighted by Crippen LogP contribution is -2.15. The van der Waals surface area contributed by atoms with Gasteiger partial charge < -0.3 is 19.4 Å². The summed E-state index contributed by atoms with van der Waals surface area (Å²) in [4.78, 5) is 12.3. The van der Waals surface area contributed by atoms with E-state index in [0.717, 1.165) is 5.56 Å². The molecule has 0 aliphatic carbocycles. The second-order valence-corrected chi connectivity index (χ2v) is 8.65. The Morgan fingerprint density at radius 2 is 1.84 bits per heavy atom. The average Bonchev–Trinajstić information content (AvgIpc) is 3.09. The van der Waals surface area contributed by atoms with Crippen molar-refractivity contribution >= 4 is 58.2 Å². The predicted molar refractivity (Wildman–Crippen MR) is 124 cm³/mol. The number of aryl methyl sites for hydroxylation is 1. The van der Waals surface area contributed by atoms with Crippen molar-refractivity contribution in [1.29, 1.82) is 0 Å². The number of carbonyl (C=O) groups excluding carboxylic acids is 1. The average molecular weight is 502 g/mol. The summed E-state index contributed by atoms with van der Waals surface area (Å²) in [7, 11) is 3.40. The SMILES string of the molecule is COc1cc(C)ccc1OCc1nnc(SCC(=O)Nc2cc(Cl)c(Cl)cc2Cl)n1C. The number of carbonyl (C=O) groups is 1. The van der Waals surface area contributed by atoms with Crippen LogP contribution in [0.25, 0.3) is 0 Å². The van der Waals surface area contributed by atoms with E-state index in [-0.39, 0.29) is 18.3 Å². The molecule has 0 atom stereocenters. The minimum absolute atomic E-state index is 0.106. The predicted octanol–water partition coefficient (Wildman–Crippen LogP) is 5.40. The molecule has 3 aromatic rings. The molecule has 0 saturated heterocycles. The summed E-state index contributed by atoms with van der Waals surface area (Å²) < 4.78 is 12.9. The Morgan fingerprint density at radius 1 is 1.10 bits per heavy atom. The van der Waals surface area contributed by atoms with E-state index >= 15 is 0 Å². The van der Waals surface area contributed by atoms with Crippen molar-refractivity contribution < 1.29 is 14.3 Å². The molecule has 0 radical (unpaired) electrons. The van der Waals surface area contributed by atoms with Gasteiger partial charge in [-0.2, -0.15) is 0 Å². The fourth-order valence-electron chi connectivity index (χ4n) is 2.57. The van der Waals surface area contributed by atoms with Gasteiger partial charge in [-0.15, -0.1) is 10.2 Å². The monoisotopic (exact) mass is 500 g/mol. The zero-order valence-corrected chi connectivity index (χ0v) is 20.0. The summed E-state index contributed by atoms with van der Waals surface area (Å²) in [6, 6.07) is 8.66. The van der Waals surface area contributed by atoms with E-state index in [9.17, 15) is 4.79 Å². The lowest BCUT2D eigenvalue weighted by molar-refractivity contribution is -0.113. The number of aromatic nitrogens is 3. The number of thioether (sulfide) groups is 1. The van der Waals surface area contributed by atoms with Crippen LogP contribution in [-0.4, -0.2) is 33.5 Å². The van der Waals surface area contributed by atoms with E-state index in [2.05, 4.69) is 15.5 Å². The van der Waals surface area contributed by atoms with Crippen molar-refractivity contribution in [3.8, 4) is 11.5 Å². The van der Waals surface area contributed by atoms with Gasteiger partial charge in [0, 0.05) is 7.05 Å². The van der Waals surface area contributed by atoms with Gasteiger partial charge in [-0.3, -0.25) is 4.79 Å². The van der Waals surface area contributed by atoms with Crippen molar-refractivity contribution in [3.63, 3.8) is 0 Å². The topological polar surface area (TPSA) is 78.3 Å². The Kier molecular flexibility index (Phi) is 7.94. The van der Waals surface area contributed by atoms with E-state index < -0.39 is 0 Å². The number of ether oxygens (including phenoxy) is 2. The Hall–Kier alpha value is -2.13. The van der Waals surface area contributed by atoms with Crippen LogP contribution in [-0.2, 0) is 18.4 Å². The van der Waals surface area contributed by atoms with Crippen molar-refractivity contribution in [2.24, 2.45) is 7.05 Å². The van der Waals surface area contributed by atoms with Crippen LogP contribution in [0.15, 0.2) is 35.5 Å². The highest BCUT2D eigenvalue weighted by molar-refractivity contribution is 7.99. The molecule has 1 heterocycles. The van der Waals surface area contributed by atoms with Gasteiger partial charge in [0.15, 0.2) is 22.5 Å². The number of benzene rings is 2. The van der Waals surface area contributed by atoms with E-state index in [1.165, 1.54) is 23.9 Å². The van der Waals surface area contributed by atoms with E-state index in [1.54, 1.807) is 18.7 Å². The van der Waals surface area contributed by atoms with Crippen LogP contribution < -0.4 is 14.8 Å². The maximum Gasteiger partial charge on any atom is 0.234 e. The molecule has 2 aromatic carbocycles. The summed E-state index contributed by atoms with van der Waals surface area (Å²) in [6.45, 7) is 2.18. The van der Waals surface area contributed by atoms with Crippen molar-refractivity contribution in [2.75, 3.05) is 18.2 Å². The molecule has 1 N–H and O–H groups in total. The molecule has 0 fully saturated rings. The molecule has 31 heavy (non-hydrogen) atoms. The first-order valence-electron chi connectivity index (χ1n) is 9.01. The molecule has 0 bridgehead atoms. The minimum Gasteiger partial charge on any atom is -0.493 e. The highest BCUT2D eigenvalue weighted by Gasteiger charge is 2.15. The molecule has 0 unspecified atom stereocenters. The van der Waals surface area contributed by atoms with Crippen LogP contribution in [0.4, 0.5) is 5.69 Å². The summed E-state index contributed by atoms with van der Waals surface area (Å²) in [5.74, 6) is 1.71. The molecule has 0 spiro atoms. The van der Waals surface area contributed by atoms with Crippen LogP contribution >= 0.6 is 46.6 Å². The van der Waals surface area contributed by atoms with Gasteiger partial charge in [0.25, 0.3) is 0 Å². The summed E-state index contributed by atoms with van der Waals surface area (Å²) in [5.41, 5.74) is 1.46. The summed E-state index contributed by atoms with van der Waals surface area (Å²) in [6.07, 6.45) is 0. The molecule has 7 nitrogen and oxygen atoms in total. The number of amides is 1. The summed E-state index contributed by atoms with van der Waals surface area (Å²) in [5, 5.41) is 12.5. The van der Waals surface area contributed by atoms with Crippen molar-refractivity contribution in [3.05, 3.63) is 56.8 Å². The zero-order valence-electron chi connectivity index (χ0n) is 16.9. The Balaban J connectivity index is 1.58. The third kappa shape index (κ3) is 5.98. The largest absolute Gasteiger partial charge is 0.493 e. The molecule has 164 valence electrons. The van der Waals surface area contributed by atoms with Gasteiger partial charge in [-0.05, 0) is 36.8 Å². The Morgan fingerprint density at radius 3 is 2.58 bits per heavy atom. The zero-order chi connectivity index (χ0) is 22.5. The first-order chi connectivity index (χ1) is 14.8. The fraction of sp³-hybridized carbons (Fsp3) is 0.250. The fourth-order valence-corrected chi connectivity index (χ4v) is 3.89. The number of nitrogens with zero attached hydrogens (tertiary/aromatic N) is 3. The Labute approximate surface area is 199 Å². The third-order valence-corrected chi connectivity index (χ3v) is 6.27. The number of hydrogen-bond donors (Lipinski definition) is 1. The third-order valence-electron chi connectivity index (χ3n) is 4.22. The highest BCUT2D eigenvalue weighted by atomic mass is 35.5. The van der Waals surface area contributed by atoms with Gasteiger partial charge in [0.05, 0.1) is 33.6 Å². The smallest absolute Gasteiger partial charge is 0.234 e. The summed E-state index contributed by atoms with van der Waals surface area (Å²) >= 11 is 19.2. The van der Waals surface area contributed by atoms with Crippen molar-refractivity contribution in [2.45, 2.75) is 18.7 Å². The number of hydrogen-bond acceptors (Lipinski definition) is 6. The van der Waals surface area contributed by atoms with E-state index in [4.69, 9.17) is 44.3 Å². The van der Waals surface area contributed by atoms with Crippen LogP contribution in [0.2, 0.25) is 15.1 Å². The Bertz CT molecular complexity index is 1110. The number of anilines is 1. The number of methoxy groups -OCH3 is 1. The van der Waals surface area contributed by atoms with Crippen molar-refractivity contribution in [1.82, 2.24) is 14.8 Å². The number of rotatable bonds is 8. The van der Waals surface area contributed by atoms with E-state index in [0.29, 0.717) is 43.2 Å². The minimum atomic E-state index is -0.268. The molecule has 1 amide bonds. The lowest BCUT2D eigenvalue weighted by Gasteiger charge is -2.11. The van der Waals surface area contributed by atoms with Crippen LogP contribution in [0, 0.1) is 6.92 Å². The second-order valence-electron chi connectivity index (χ2n) is 6.48. The first kappa shape index (κ1) is 23.5. The molecular weight excluding hydrogens is 483 g/mol. The number of nitrogens with one attached hydrogen (secondary N) is 1. The van der Waals surface area contributed by atoms with Crippen LogP contribution in [0.5, 0.6) is 11.5 Å². The molecule has 0 aliphatic heterocycles. The number of halogens is 3. The van der Waals surface area contributed by atoms with Crippen LogP contribution in [0.1, 0.15) is 11.4 Å². The molecule has 3 rings (SSSR count). The van der Waals surface area contributed by atoms with Gasteiger partial charge >= 0.3 is 0 Å². The van der Waals surface area contributed by atoms with Gasteiger partial charge in [0.2, 0.25) is 5.91 Å². The molecular formula is C20H19Cl3N4O3S. The van der Waals surface area contributed by atoms with Gasteiger partial charge in [0.1, 0.15) is 6.61 Å². The normalized spacial score (nSPS) is 10.8. The molecule has 0 aliphatic rings. The second kappa shape index (κ2) is 10.5.